The molecule has 1 heterocycles. The van der Waals surface area contributed by atoms with Crippen molar-refractivity contribution in [2.75, 3.05) is 5.32 Å². The van der Waals surface area contributed by atoms with Gasteiger partial charge in [0.15, 0.2) is 0 Å². The van der Waals surface area contributed by atoms with E-state index >= 15 is 0 Å². The lowest BCUT2D eigenvalue weighted by atomic mass is 9.72. The molecule has 1 aromatic heterocycles. The van der Waals surface area contributed by atoms with Crippen molar-refractivity contribution in [3.63, 3.8) is 0 Å². The largest absolute Gasteiger partial charge is 0.489 e. The Morgan fingerprint density at radius 2 is 1.88 bits per heavy atom. The highest BCUT2D eigenvalue weighted by atomic mass is 35.5. The summed E-state index contributed by atoms with van der Waals surface area (Å²) in [6.07, 6.45) is 4.73. The topological polar surface area (TPSA) is 50.7 Å². The highest BCUT2D eigenvalue weighted by Crippen LogP contribution is 2.45. The SMILES string of the molecule is CC(C)(C)[C@@H]1CCc2c(sc(N=Cc3cccc(OCc4ccc(Cl)cc4Cl)c3)c2C(=O)Nc2ccccc2)C1. The summed E-state index contributed by atoms with van der Waals surface area (Å²) >= 11 is 13.9. The van der Waals surface area contributed by atoms with Gasteiger partial charge in [0.2, 0.25) is 0 Å². The molecule has 40 heavy (non-hydrogen) atoms. The maximum atomic E-state index is 13.6. The third-order valence-electron chi connectivity index (χ3n) is 7.33. The van der Waals surface area contributed by atoms with Crippen LogP contribution < -0.4 is 10.1 Å². The van der Waals surface area contributed by atoms with Crippen molar-refractivity contribution in [1.29, 1.82) is 0 Å². The summed E-state index contributed by atoms with van der Waals surface area (Å²) in [5, 5.41) is 4.98. The Morgan fingerprint density at radius 1 is 1.07 bits per heavy atom. The van der Waals surface area contributed by atoms with Gasteiger partial charge in [-0.05, 0) is 78.1 Å². The van der Waals surface area contributed by atoms with Crippen LogP contribution in [0.25, 0.3) is 0 Å². The molecule has 4 aromatic rings. The number of aliphatic imine (C=N–C) groups is 1. The fourth-order valence-corrected chi connectivity index (χ4v) is 6.70. The number of nitrogens with zero attached hydrogens (tertiary/aromatic N) is 1. The second kappa shape index (κ2) is 12.2. The molecule has 0 fully saturated rings. The van der Waals surface area contributed by atoms with Gasteiger partial charge in [0.25, 0.3) is 5.91 Å². The molecule has 0 unspecified atom stereocenters. The maximum absolute atomic E-state index is 13.6. The minimum Gasteiger partial charge on any atom is -0.489 e. The Hall–Kier alpha value is -3.12. The van der Waals surface area contributed by atoms with E-state index in [0.717, 1.165) is 46.6 Å². The van der Waals surface area contributed by atoms with E-state index in [9.17, 15) is 4.79 Å². The van der Waals surface area contributed by atoms with Crippen molar-refractivity contribution in [1.82, 2.24) is 0 Å². The number of hydrogen-bond donors (Lipinski definition) is 1. The fourth-order valence-electron chi connectivity index (χ4n) is 4.97. The van der Waals surface area contributed by atoms with Gasteiger partial charge in [0.1, 0.15) is 17.4 Å². The van der Waals surface area contributed by atoms with Crippen LogP contribution in [0.3, 0.4) is 0 Å². The first kappa shape index (κ1) is 28.4. The summed E-state index contributed by atoms with van der Waals surface area (Å²) in [5.74, 6) is 1.17. The number of nitrogens with one attached hydrogen (secondary N) is 1. The van der Waals surface area contributed by atoms with Gasteiger partial charge in [-0.2, -0.15) is 0 Å². The van der Waals surface area contributed by atoms with Crippen molar-refractivity contribution in [3.8, 4) is 5.75 Å². The van der Waals surface area contributed by atoms with Gasteiger partial charge in [-0.15, -0.1) is 11.3 Å². The number of anilines is 1. The van der Waals surface area contributed by atoms with Gasteiger partial charge in [0.05, 0.1) is 5.56 Å². The van der Waals surface area contributed by atoms with Gasteiger partial charge < -0.3 is 10.1 Å². The van der Waals surface area contributed by atoms with E-state index in [1.54, 1.807) is 29.7 Å². The lowest BCUT2D eigenvalue weighted by Gasteiger charge is -2.33. The van der Waals surface area contributed by atoms with E-state index in [1.807, 2.05) is 60.7 Å². The number of amides is 1. The van der Waals surface area contributed by atoms with Crippen LogP contribution in [0.4, 0.5) is 10.7 Å². The van der Waals surface area contributed by atoms with Crippen molar-refractivity contribution in [2.24, 2.45) is 16.3 Å². The van der Waals surface area contributed by atoms with Gasteiger partial charge >= 0.3 is 0 Å². The van der Waals surface area contributed by atoms with Crippen LogP contribution in [0.15, 0.2) is 77.8 Å². The molecule has 7 heteroatoms. The average molecular weight is 592 g/mol. The fraction of sp³-hybridized carbons (Fsp3) is 0.273. The number of carbonyl (C=O) groups is 1. The van der Waals surface area contributed by atoms with Gasteiger partial charge in [-0.25, -0.2) is 4.99 Å². The summed E-state index contributed by atoms with van der Waals surface area (Å²) in [7, 11) is 0. The number of fused-ring (bicyclic) bond motifs is 1. The van der Waals surface area contributed by atoms with E-state index in [2.05, 4.69) is 26.1 Å². The molecule has 5 rings (SSSR count). The molecule has 0 radical (unpaired) electrons. The minimum absolute atomic E-state index is 0.109. The lowest BCUT2D eigenvalue weighted by Crippen LogP contribution is -2.27. The van der Waals surface area contributed by atoms with Crippen LogP contribution in [0.1, 0.15) is 59.1 Å². The number of thiophene rings is 1. The molecule has 1 amide bonds. The lowest BCUT2D eigenvalue weighted by molar-refractivity contribution is 0.102. The Morgan fingerprint density at radius 3 is 2.62 bits per heavy atom. The number of hydrogen-bond acceptors (Lipinski definition) is 4. The van der Waals surface area contributed by atoms with Gasteiger partial charge in [-0.3, -0.25) is 4.79 Å². The van der Waals surface area contributed by atoms with Gasteiger partial charge in [-0.1, -0.05) is 80.4 Å². The second-order valence-electron chi connectivity index (χ2n) is 11.2. The standard InChI is InChI=1S/C33H32Cl2N2O2S/c1-33(2,3)23-13-15-27-29(17-23)40-32(30(27)31(38)37-25-9-5-4-6-10-25)36-19-21-8-7-11-26(16-21)39-20-22-12-14-24(34)18-28(22)35/h4-12,14,16,18-19,23H,13,15,17,20H2,1-3H3,(H,37,38)/t23-/m1/s1. The molecule has 1 N–H and O–H groups in total. The zero-order valence-electron chi connectivity index (χ0n) is 22.8. The van der Waals surface area contributed by atoms with Crippen LogP contribution in [0, 0.1) is 11.3 Å². The second-order valence-corrected chi connectivity index (χ2v) is 13.1. The molecule has 1 aliphatic carbocycles. The molecule has 1 atom stereocenters. The molecule has 1 aliphatic rings. The first-order valence-corrected chi connectivity index (χ1v) is 15.0. The number of rotatable bonds is 7. The van der Waals surface area contributed by atoms with E-state index < -0.39 is 0 Å². The number of benzene rings is 3. The van der Waals surface area contributed by atoms with Crippen LogP contribution >= 0.6 is 34.5 Å². The third kappa shape index (κ3) is 6.77. The van der Waals surface area contributed by atoms with Crippen molar-refractivity contribution >= 4 is 57.3 Å². The maximum Gasteiger partial charge on any atom is 0.259 e. The molecule has 3 aromatic carbocycles. The summed E-state index contributed by atoms with van der Waals surface area (Å²) < 4.78 is 5.99. The first-order chi connectivity index (χ1) is 19.2. The first-order valence-electron chi connectivity index (χ1n) is 13.4. The quantitative estimate of drug-likeness (QED) is 0.218. The summed E-state index contributed by atoms with van der Waals surface area (Å²) in [4.78, 5) is 19.7. The number of carbonyl (C=O) groups excluding carboxylic acids is 1. The van der Waals surface area contributed by atoms with E-state index in [1.165, 1.54) is 4.88 Å². The predicted octanol–water partition coefficient (Wildman–Crippen LogP) is 9.79. The summed E-state index contributed by atoms with van der Waals surface area (Å²) in [5.41, 5.74) is 4.57. The Labute approximate surface area is 250 Å². The van der Waals surface area contributed by atoms with E-state index in [-0.39, 0.29) is 11.3 Å². The monoisotopic (exact) mass is 590 g/mol. The molecular weight excluding hydrogens is 559 g/mol. The molecule has 0 spiro atoms. The Kier molecular flexibility index (Phi) is 8.65. The van der Waals surface area contributed by atoms with Gasteiger partial charge in [0, 0.05) is 32.4 Å². The van der Waals surface area contributed by atoms with Crippen LogP contribution in [0.5, 0.6) is 5.75 Å². The number of para-hydroxylation sites is 1. The Balaban J connectivity index is 1.40. The average Bonchev–Trinajstić information content (AvgIpc) is 3.30. The number of ether oxygens (including phenoxy) is 1. The van der Waals surface area contributed by atoms with Crippen LogP contribution in [-0.4, -0.2) is 12.1 Å². The molecular formula is C33H32Cl2N2O2S. The van der Waals surface area contributed by atoms with E-state index in [0.29, 0.717) is 33.9 Å². The molecule has 206 valence electrons. The predicted molar refractivity (Wildman–Crippen MR) is 168 cm³/mol. The minimum atomic E-state index is -0.109. The highest BCUT2D eigenvalue weighted by Gasteiger charge is 2.33. The normalized spacial score (nSPS) is 15.2. The number of halogens is 2. The third-order valence-corrected chi connectivity index (χ3v) is 9.08. The van der Waals surface area contributed by atoms with Crippen LogP contribution in [-0.2, 0) is 19.4 Å². The molecule has 0 aliphatic heterocycles. The van der Waals surface area contributed by atoms with Crippen molar-refractivity contribution in [3.05, 3.63) is 110 Å². The Bertz CT molecular complexity index is 1540. The summed E-state index contributed by atoms with van der Waals surface area (Å²) in [6.45, 7) is 7.23. The zero-order valence-corrected chi connectivity index (χ0v) is 25.2. The van der Waals surface area contributed by atoms with Crippen molar-refractivity contribution < 1.29 is 9.53 Å². The smallest absolute Gasteiger partial charge is 0.259 e. The highest BCUT2D eigenvalue weighted by molar-refractivity contribution is 7.16. The van der Waals surface area contributed by atoms with Crippen molar-refractivity contribution in [2.45, 2.75) is 46.6 Å². The molecule has 0 saturated heterocycles. The summed E-state index contributed by atoms with van der Waals surface area (Å²) in [6, 6.07) is 22.7. The zero-order chi connectivity index (χ0) is 28.3. The molecule has 0 bridgehead atoms. The van der Waals surface area contributed by atoms with Crippen LogP contribution in [0.2, 0.25) is 10.0 Å². The molecule has 0 saturated carbocycles. The molecule has 4 nitrogen and oxygen atoms in total. The van der Waals surface area contributed by atoms with E-state index in [4.69, 9.17) is 32.9 Å².